The van der Waals surface area contributed by atoms with Crippen molar-refractivity contribution in [3.8, 4) is 23.8 Å². The highest BCUT2D eigenvalue weighted by atomic mass is 32.1. The first-order valence-corrected chi connectivity index (χ1v) is 8.64. The van der Waals surface area contributed by atoms with Gasteiger partial charge in [0.05, 0.1) is 23.2 Å². The third-order valence-electron chi connectivity index (χ3n) is 3.91. The van der Waals surface area contributed by atoms with Crippen LogP contribution >= 0.6 is 11.3 Å². The molecule has 0 N–H and O–H groups in total. The summed E-state index contributed by atoms with van der Waals surface area (Å²) in [7, 11) is 0. The number of thiazole rings is 1. The van der Waals surface area contributed by atoms with Gasteiger partial charge in [0.1, 0.15) is 5.82 Å². The van der Waals surface area contributed by atoms with Gasteiger partial charge in [0, 0.05) is 0 Å². The van der Waals surface area contributed by atoms with Gasteiger partial charge in [-0.25, -0.2) is 4.39 Å². The smallest absolute Gasteiger partial charge is 0.252 e. The van der Waals surface area contributed by atoms with E-state index in [0.29, 0.717) is 21.0 Å². The fourth-order valence-corrected chi connectivity index (χ4v) is 3.82. The minimum absolute atomic E-state index is 0.120. The average Bonchev–Trinajstić information content (AvgIpc) is 3.19. The SMILES string of the molecule is C#CCn1c(=NC(=O)Cc2ccc3c(c2)OCO3)sc2cc(F)ccc21. The first-order chi connectivity index (χ1) is 12.6. The standard InChI is InChI=1S/C19H13FN2O3S/c1-2-7-22-14-5-4-13(20)10-17(14)26-19(22)21-18(23)9-12-3-6-15-16(8-12)25-11-24-15/h1,3-6,8,10H,7,9,11H2. The van der Waals surface area contributed by atoms with E-state index in [1.165, 1.54) is 23.5 Å². The lowest BCUT2D eigenvalue weighted by molar-refractivity contribution is -0.117. The van der Waals surface area contributed by atoms with Gasteiger partial charge in [-0.15, -0.1) is 6.42 Å². The van der Waals surface area contributed by atoms with E-state index < -0.39 is 0 Å². The normalized spacial score (nSPS) is 13.2. The summed E-state index contributed by atoms with van der Waals surface area (Å²) in [6.07, 6.45) is 5.54. The molecule has 3 aromatic rings. The van der Waals surface area contributed by atoms with Crippen molar-refractivity contribution in [2.75, 3.05) is 6.79 Å². The lowest BCUT2D eigenvalue weighted by Gasteiger charge is -2.01. The highest BCUT2D eigenvalue weighted by Gasteiger charge is 2.15. The molecule has 0 saturated carbocycles. The summed E-state index contributed by atoms with van der Waals surface area (Å²) in [5.41, 5.74) is 1.53. The first-order valence-electron chi connectivity index (χ1n) is 7.82. The van der Waals surface area contributed by atoms with E-state index >= 15 is 0 Å². The summed E-state index contributed by atoms with van der Waals surface area (Å²) in [5, 5.41) is 0. The van der Waals surface area contributed by atoms with E-state index in [1.807, 2.05) is 0 Å². The molecule has 0 aliphatic carbocycles. The van der Waals surface area contributed by atoms with Crippen LogP contribution in [0.25, 0.3) is 10.2 Å². The minimum Gasteiger partial charge on any atom is -0.454 e. The first kappa shape index (κ1) is 16.4. The fourth-order valence-electron chi connectivity index (χ4n) is 2.75. The number of aromatic nitrogens is 1. The Hall–Kier alpha value is -3.11. The Labute approximate surface area is 152 Å². The van der Waals surface area contributed by atoms with Crippen molar-refractivity contribution < 1.29 is 18.7 Å². The van der Waals surface area contributed by atoms with Crippen molar-refractivity contribution >= 4 is 27.5 Å². The molecule has 1 amide bonds. The van der Waals surface area contributed by atoms with Gasteiger partial charge in [0.25, 0.3) is 5.91 Å². The molecule has 0 atom stereocenters. The fraction of sp³-hybridized carbons (Fsp3) is 0.158. The van der Waals surface area contributed by atoms with Crippen LogP contribution in [0.2, 0.25) is 0 Å². The van der Waals surface area contributed by atoms with Crippen LogP contribution in [0.4, 0.5) is 4.39 Å². The van der Waals surface area contributed by atoms with E-state index in [9.17, 15) is 9.18 Å². The zero-order valence-electron chi connectivity index (χ0n) is 13.6. The van der Waals surface area contributed by atoms with Crippen molar-refractivity contribution in [3.63, 3.8) is 0 Å². The predicted octanol–water partition coefficient (Wildman–Crippen LogP) is 2.87. The number of amides is 1. The molecule has 5 nitrogen and oxygen atoms in total. The number of halogens is 1. The van der Waals surface area contributed by atoms with Crippen molar-refractivity contribution in [1.29, 1.82) is 0 Å². The van der Waals surface area contributed by atoms with Crippen LogP contribution in [0, 0.1) is 18.2 Å². The zero-order valence-corrected chi connectivity index (χ0v) is 14.4. The Kier molecular flexibility index (Phi) is 4.19. The Balaban J connectivity index is 1.68. The van der Waals surface area contributed by atoms with Crippen LogP contribution in [-0.2, 0) is 17.8 Å². The van der Waals surface area contributed by atoms with Crippen LogP contribution in [-0.4, -0.2) is 17.3 Å². The Morgan fingerprint density at radius 3 is 2.96 bits per heavy atom. The Morgan fingerprint density at radius 2 is 2.12 bits per heavy atom. The topological polar surface area (TPSA) is 52.8 Å². The van der Waals surface area contributed by atoms with Gasteiger partial charge in [-0.2, -0.15) is 4.99 Å². The summed E-state index contributed by atoms with van der Waals surface area (Å²) in [6.45, 7) is 0.434. The maximum absolute atomic E-state index is 13.5. The average molecular weight is 368 g/mol. The number of carbonyl (C=O) groups excluding carboxylic acids is 1. The van der Waals surface area contributed by atoms with E-state index in [1.54, 1.807) is 28.8 Å². The lowest BCUT2D eigenvalue weighted by Crippen LogP contribution is -2.17. The van der Waals surface area contributed by atoms with Crippen LogP contribution in [0.5, 0.6) is 11.5 Å². The molecule has 0 saturated heterocycles. The molecule has 0 bridgehead atoms. The molecule has 1 aromatic heterocycles. The van der Waals surface area contributed by atoms with Gasteiger partial charge in [0.2, 0.25) is 6.79 Å². The molecule has 2 aromatic carbocycles. The van der Waals surface area contributed by atoms with Crippen LogP contribution in [0.1, 0.15) is 5.56 Å². The summed E-state index contributed by atoms with van der Waals surface area (Å²) in [5.74, 6) is 3.17. The number of hydrogen-bond acceptors (Lipinski definition) is 4. The monoisotopic (exact) mass is 368 g/mol. The van der Waals surface area contributed by atoms with Gasteiger partial charge in [-0.3, -0.25) is 4.79 Å². The molecule has 0 spiro atoms. The predicted molar refractivity (Wildman–Crippen MR) is 95.4 cm³/mol. The number of hydrogen-bond donors (Lipinski definition) is 0. The zero-order chi connectivity index (χ0) is 18.1. The van der Waals surface area contributed by atoms with Gasteiger partial charge >= 0.3 is 0 Å². The van der Waals surface area contributed by atoms with E-state index in [0.717, 1.165) is 11.1 Å². The molecule has 0 radical (unpaired) electrons. The van der Waals surface area contributed by atoms with Gasteiger partial charge < -0.3 is 14.0 Å². The van der Waals surface area contributed by atoms with E-state index in [-0.39, 0.29) is 31.5 Å². The summed E-state index contributed by atoms with van der Waals surface area (Å²) >= 11 is 1.23. The Morgan fingerprint density at radius 1 is 1.27 bits per heavy atom. The highest BCUT2D eigenvalue weighted by Crippen LogP contribution is 2.32. The molecule has 0 fully saturated rings. The second-order valence-electron chi connectivity index (χ2n) is 5.66. The second kappa shape index (κ2) is 6.65. The third-order valence-corrected chi connectivity index (χ3v) is 4.95. The number of ether oxygens (including phenoxy) is 2. The maximum Gasteiger partial charge on any atom is 0.252 e. The van der Waals surface area contributed by atoms with Crippen LogP contribution in [0.15, 0.2) is 41.4 Å². The number of carbonyl (C=O) groups is 1. The van der Waals surface area contributed by atoms with Crippen molar-refractivity contribution in [1.82, 2.24) is 4.57 Å². The molecular weight excluding hydrogens is 355 g/mol. The number of terminal acetylenes is 1. The molecule has 7 heteroatoms. The third kappa shape index (κ3) is 3.07. The second-order valence-corrected chi connectivity index (χ2v) is 6.67. The molecule has 4 rings (SSSR count). The maximum atomic E-state index is 13.5. The van der Waals surface area contributed by atoms with E-state index in [2.05, 4.69) is 10.9 Å². The largest absolute Gasteiger partial charge is 0.454 e. The molecular formula is C19H13FN2O3S. The molecule has 1 aliphatic heterocycles. The van der Waals surface area contributed by atoms with Crippen molar-refractivity contribution in [2.45, 2.75) is 13.0 Å². The van der Waals surface area contributed by atoms with E-state index in [4.69, 9.17) is 15.9 Å². The summed E-state index contributed by atoms with van der Waals surface area (Å²) in [4.78, 5) is 17.1. The molecule has 26 heavy (non-hydrogen) atoms. The molecule has 0 unspecified atom stereocenters. The van der Waals surface area contributed by atoms with Gasteiger partial charge in [-0.1, -0.05) is 23.3 Å². The number of fused-ring (bicyclic) bond motifs is 2. The minimum atomic E-state index is -0.343. The molecule has 130 valence electrons. The summed E-state index contributed by atoms with van der Waals surface area (Å²) in [6, 6.07) is 9.75. The van der Waals surface area contributed by atoms with Crippen molar-refractivity contribution in [2.24, 2.45) is 4.99 Å². The van der Waals surface area contributed by atoms with Crippen LogP contribution in [0.3, 0.4) is 0 Å². The van der Waals surface area contributed by atoms with Crippen molar-refractivity contribution in [3.05, 3.63) is 52.6 Å². The number of benzene rings is 2. The summed E-state index contributed by atoms with van der Waals surface area (Å²) < 4.78 is 26.5. The number of nitrogens with zero attached hydrogens (tertiary/aromatic N) is 2. The highest BCUT2D eigenvalue weighted by molar-refractivity contribution is 7.16. The quantitative estimate of drug-likeness (QED) is 0.668. The lowest BCUT2D eigenvalue weighted by atomic mass is 10.1. The molecule has 1 aliphatic rings. The molecule has 2 heterocycles. The van der Waals surface area contributed by atoms with Gasteiger partial charge in [-0.05, 0) is 35.9 Å². The number of rotatable bonds is 3. The van der Waals surface area contributed by atoms with Crippen LogP contribution < -0.4 is 14.3 Å². The Bertz CT molecular complexity index is 1120. The van der Waals surface area contributed by atoms with Gasteiger partial charge in [0.15, 0.2) is 16.3 Å².